The third-order valence-electron chi connectivity index (χ3n) is 10.7. The predicted molar refractivity (Wildman–Crippen MR) is 289 cm³/mol. The zero-order valence-electron chi connectivity index (χ0n) is 42.9. The van der Waals surface area contributed by atoms with Crippen LogP contribution in [0, 0.1) is 18.8 Å². The maximum atomic E-state index is 13.2. The number of benzene rings is 5. The maximum absolute atomic E-state index is 13.2. The number of anilines is 2. The molecule has 5 rings (SSSR count). The number of ketones is 1. The molecule has 5 aromatic rings. The Labute approximate surface area is 433 Å². The Kier molecular flexibility index (Phi) is 30.3. The van der Waals surface area contributed by atoms with Crippen LogP contribution in [0.5, 0.6) is 51.7 Å². The van der Waals surface area contributed by atoms with Crippen molar-refractivity contribution in [2.24, 2.45) is 11.8 Å². The molecule has 0 aromatic heterocycles. The van der Waals surface area contributed by atoms with E-state index >= 15 is 0 Å². The normalized spacial score (nSPS) is 10.8. The van der Waals surface area contributed by atoms with E-state index in [1.165, 1.54) is 14.0 Å². The first-order valence-corrected chi connectivity index (χ1v) is 23.9. The van der Waals surface area contributed by atoms with Gasteiger partial charge in [-0.3, -0.25) is 19.2 Å². The van der Waals surface area contributed by atoms with Crippen molar-refractivity contribution in [3.63, 3.8) is 0 Å². The van der Waals surface area contributed by atoms with Gasteiger partial charge in [0.15, 0.2) is 34.5 Å². The number of hydrogen-bond donors (Lipinski definition) is 2. The summed E-state index contributed by atoms with van der Waals surface area (Å²) in [5.41, 5.74) is 8.97. The van der Waals surface area contributed by atoms with Crippen molar-refractivity contribution in [1.82, 2.24) is 0 Å². The molecule has 1 amide bonds. The van der Waals surface area contributed by atoms with Crippen LogP contribution in [-0.2, 0) is 35.3 Å². The minimum absolute atomic E-state index is 0. The molecule has 3 N–H and O–H groups in total. The Morgan fingerprint density at radius 2 is 1.07 bits per heavy atom. The van der Waals surface area contributed by atoms with Crippen LogP contribution in [0.15, 0.2) is 103 Å². The van der Waals surface area contributed by atoms with Gasteiger partial charge in [-0.2, -0.15) is 0 Å². The number of amides is 1. The lowest BCUT2D eigenvalue weighted by molar-refractivity contribution is -0.152. The van der Waals surface area contributed by atoms with Crippen LogP contribution in [0.1, 0.15) is 106 Å². The summed E-state index contributed by atoms with van der Waals surface area (Å²) in [6, 6.07) is 31.1. The van der Waals surface area contributed by atoms with E-state index in [0.717, 1.165) is 43.2 Å². The quantitative estimate of drug-likeness (QED) is 0.0243. The molecule has 15 heteroatoms. The Hall–Kier alpha value is -7.42. The smallest absolute Gasteiger partial charge is 0.318 e. The van der Waals surface area contributed by atoms with Gasteiger partial charge >= 0.3 is 11.9 Å². The number of methoxy groups -OCH3 is 4. The number of carbonyl (C=O) groups is 4. The standard InChI is InChI=1S/C31H37NO7.C15H17NO3.C10H18O3.2CH4/c1-5-7-9-14-25(31(34)37-6-2)30(33)32-26-17-15-23(35-3)19-28(26)39-27-18-16-24(20-29(27)36-4)38-21-22-12-10-8-11-13-22;1-10-4-7-13(15(8-10)18-3)19-14-9-11(17-2)5-6-12(14)16;1-4-6-7-9(8(3)11)10(12)13-5-2;;/h8,10-13,15-20,25H,5-7,9,14,21H2,1-4H3,(H,32,33);4-9H,16H2,1-3H3;9H,4-7H2,1-3H3;2*1H4. The Balaban J connectivity index is 0.000000648. The molecule has 0 aliphatic heterocycles. The lowest BCUT2D eigenvalue weighted by Gasteiger charge is -2.19. The molecule has 0 spiro atoms. The van der Waals surface area contributed by atoms with Crippen molar-refractivity contribution in [2.45, 2.75) is 108 Å². The number of aryl methyl sites for hydroxylation is 1. The number of ether oxygens (including phenoxy) is 9. The first kappa shape index (κ1) is 63.6. The summed E-state index contributed by atoms with van der Waals surface area (Å²) in [6.07, 6.45) is 5.55. The lowest BCUT2D eigenvalue weighted by Crippen LogP contribution is -2.31. The van der Waals surface area contributed by atoms with Gasteiger partial charge in [-0.05, 0) is 100 Å². The van der Waals surface area contributed by atoms with E-state index in [1.807, 2.05) is 62.4 Å². The van der Waals surface area contributed by atoms with Gasteiger partial charge in [-0.25, -0.2) is 0 Å². The van der Waals surface area contributed by atoms with Gasteiger partial charge in [-0.1, -0.05) is 97.2 Å². The van der Waals surface area contributed by atoms with Gasteiger partial charge in [0.25, 0.3) is 0 Å². The lowest BCUT2D eigenvalue weighted by atomic mass is 9.98. The van der Waals surface area contributed by atoms with E-state index in [9.17, 15) is 19.2 Å². The van der Waals surface area contributed by atoms with E-state index in [2.05, 4.69) is 12.2 Å². The highest BCUT2D eigenvalue weighted by Crippen LogP contribution is 2.40. The number of Topliss-reactive ketones (excluding diaryl/α,β-unsaturated/α-hetero) is 1. The average Bonchev–Trinajstić information content (AvgIpc) is 3.37. The summed E-state index contributed by atoms with van der Waals surface area (Å²) in [7, 11) is 6.29. The van der Waals surface area contributed by atoms with Crippen molar-refractivity contribution in [3.8, 4) is 51.7 Å². The van der Waals surface area contributed by atoms with Crippen LogP contribution in [0.2, 0.25) is 0 Å². The summed E-state index contributed by atoms with van der Waals surface area (Å²) in [5.74, 6) is 1.97. The zero-order chi connectivity index (χ0) is 52.1. The molecule has 5 aromatic carbocycles. The summed E-state index contributed by atoms with van der Waals surface area (Å²) in [4.78, 5) is 48.1. The predicted octanol–water partition coefficient (Wildman–Crippen LogP) is 13.4. The van der Waals surface area contributed by atoms with Crippen molar-refractivity contribution in [1.29, 1.82) is 0 Å². The van der Waals surface area contributed by atoms with Crippen LogP contribution < -0.4 is 44.2 Å². The number of nitrogen functional groups attached to an aromatic ring is 1. The monoisotopic (exact) mass is 1010 g/mol. The summed E-state index contributed by atoms with van der Waals surface area (Å²) >= 11 is 0. The topological polar surface area (TPSA) is 189 Å². The second-order valence-electron chi connectivity index (χ2n) is 16.1. The van der Waals surface area contributed by atoms with Gasteiger partial charge in [0.05, 0.1) is 53.0 Å². The molecular weight excluding hydrogens is 933 g/mol. The summed E-state index contributed by atoms with van der Waals surface area (Å²) < 4.78 is 49.2. The number of hydrogen-bond acceptors (Lipinski definition) is 14. The Morgan fingerprint density at radius 3 is 1.64 bits per heavy atom. The number of nitrogens with two attached hydrogens (primary N) is 1. The average molecular weight is 1010 g/mol. The van der Waals surface area contributed by atoms with Gasteiger partial charge in [-0.15, -0.1) is 0 Å². The van der Waals surface area contributed by atoms with Crippen molar-refractivity contribution < 1.29 is 61.8 Å². The molecule has 0 aliphatic rings. The van der Waals surface area contributed by atoms with Crippen molar-refractivity contribution >= 4 is 35.0 Å². The van der Waals surface area contributed by atoms with Crippen LogP contribution in [0.4, 0.5) is 11.4 Å². The zero-order valence-corrected chi connectivity index (χ0v) is 42.9. The highest BCUT2D eigenvalue weighted by Gasteiger charge is 2.29. The van der Waals surface area contributed by atoms with E-state index in [0.29, 0.717) is 89.2 Å². The second-order valence-corrected chi connectivity index (χ2v) is 16.1. The van der Waals surface area contributed by atoms with Crippen molar-refractivity contribution in [3.05, 3.63) is 114 Å². The Morgan fingerprint density at radius 1 is 0.548 bits per heavy atom. The fraction of sp³-hybridized carbons (Fsp3) is 0.414. The fourth-order valence-corrected chi connectivity index (χ4v) is 6.76. The first-order chi connectivity index (χ1) is 34.2. The molecule has 0 radical (unpaired) electrons. The first-order valence-electron chi connectivity index (χ1n) is 23.9. The molecule has 0 saturated heterocycles. The van der Waals surface area contributed by atoms with Crippen LogP contribution in [0.3, 0.4) is 0 Å². The molecule has 0 saturated carbocycles. The van der Waals surface area contributed by atoms with E-state index in [1.54, 1.807) is 89.8 Å². The maximum Gasteiger partial charge on any atom is 0.318 e. The van der Waals surface area contributed by atoms with E-state index in [4.69, 9.17) is 48.4 Å². The minimum Gasteiger partial charge on any atom is -0.497 e. The minimum atomic E-state index is -0.915. The van der Waals surface area contributed by atoms with Gasteiger partial charge < -0.3 is 53.7 Å². The third kappa shape index (κ3) is 21.5. The van der Waals surface area contributed by atoms with E-state index < -0.39 is 23.7 Å². The Bertz CT molecular complexity index is 2430. The highest BCUT2D eigenvalue weighted by molar-refractivity contribution is 6.05. The molecule has 73 heavy (non-hydrogen) atoms. The molecule has 0 bridgehead atoms. The second kappa shape index (κ2) is 34.8. The van der Waals surface area contributed by atoms with Crippen LogP contribution in [0.25, 0.3) is 0 Å². The summed E-state index contributed by atoms with van der Waals surface area (Å²) in [6.45, 7) is 12.0. The third-order valence-corrected chi connectivity index (χ3v) is 10.7. The van der Waals surface area contributed by atoms with Crippen LogP contribution in [-0.4, -0.2) is 65.3 Å². The molecular formula is C58H80N2O13. The molecule has 0 fully saturated rings. The van der Waals surface area contributed by atoms with Gasteiger partial charge in [0, 0.05) is 18.2 Å². The number of esters is 2. The highest BCUT2D eigenvalue weighted by atomic mass is 16.5. The number of carbonyl (C=O) groups excluding carboxylic acids is 4. The fourth-order valence-electron chi connectivity index (χ4n) is 6.76. The number of unbranched alkanes of at least 4 members (excludes halogenated alkanes) is 3. The number of nitrogens with one attached hydrogen (secondary N) is 1. The van der Waals surface area contributed by atoms with E-state index in [-0.39, 0.29) is 33.2 Å². The molecule has 0 aliphatic carbocycles. The molecule has 400 valence electrons. The summed E-state index contributed by atoms with van der Waals surface area (Å²) in [5, 5.41) is 2.85. The SMILES string of the molecule is C.C.CCCCC(C(C)=O)C(=O)OCC.CCCCCC(C(=O)Nc1ccc(OC)cc1Oc1ccc(OCc2ccccc2)cc1OC)C(=O)OCC.COc1ccc(N)c(Oc2ccc(C)cc2OC)c1. The molecule has 15 nitrogen and oxygen atoms in total. The largest absolute Gasteiger partial charge is 0.497 e. The van der Waals surface area contributed by atoms with Crippen molar-refractivity contribution in [2.75, 3.05) is 52.7 Å². The molecule has 2 unspecified atom stereocenters. The molecule has 0 heterocycles. The van der Waals surface area contributed by atoms with Crippen LogP contribution >= 0.6 is 0 Å². The molecule has 2 atom stereocenters. The van der Waals surface area contributed by atoms with Gasteiger partial charge in [0.1, 0.15) is 41.5 Å². The number of rotatable bonds is 25. The van der Waals surface area contributed by atoms with Gasteiger partial charge in [0.2, 0.25) is 5.91 Å².